The lowest BCUT2D eigenvalue weighted by Crippen LogP contribution is -2.27. The summed E-state index contributed by atoms with van der Waals surface area (Å²) in [6.45, 7) is 1.66. The molecule has 0 aromatic heterocycles. The summed E-state index contributed by atoms with van der Waals surface area (Å²) in [5.74, 6) is -2.29. The predicted octanol–water partition coefficient (Wildman–Crippen LogP) is 3.77. The number of hydrogen-bond acceptors (Lipinski definition) is 2. The molecule has 0 saturated carbocycles. The first kappa shape index (κ1) is 16.1. The van der Waals surface area contributed by atoms with Gasteiger partial charge < -0.3 is 0 Å². The fourth-order valence-electron chi connectivity index (χ4n) is 1.83. The molecule has 1 N–H and O–H groups in total. The van der Waals surface area contributed by atoms with Gasteiger partial charge in [-0.1, -0.05) is 34.1 Å². The zero-order chi connectivity index (χ0) is 15.6. The van der Waals surface area contributed by atoms with E-state index in [2.05, 4.69) is 20.7 Å². The average molecular weight is 376 g/mol. The SMILES string of the molecule is CC(NS(=O)(=O)c1ccc(F)c(F)c1)c1ccccc1Br. The average Bonchev–Trinajstić information content (AvgIpc) is 2.41. The van der Waals surface area contributed by atoms with Gasteiger partial charge in [-0.2, -0.15) is 0 Å². The van der Waals surface area contributed by atoms with Crippen LogP contribution in [0.4, 0.5) is 8.78 Å². The first-order valence-electron chi connectivity index (χ1n) is 6.03. The van der Waals surface area contributed by atoms with Gasteiger partial charge in [0.25, 0.3) is 0 Å². The smallest absolute Gasteiger partial charge is 0.207 e. The molecule has 1 unspecified atom stereocenters. The van der Waals surface area contributed by atoms with E-state index in [4.69, 9.17) is 0 Å². The Labute approximate surface area is 130 Å². The first-order chi connectivity index (χ1) is 9.81. The lowest BCUT2D eigenvalue weighted by molar-refractivity contribution is 0.503. The topological polar surface area (TPSA) is 46.2 Å². The molecule has 0 bridgehead atoms. The third-order valence-electron chi connectivity index (χ3n) is 2.91. The van der Waals surface area contributed by atoms with Gasteiger partial charge >= 0.3 is 0 Å². The normalized spacial score (nSPS) is 13.1. The van der Waals surface area contributed by atoms with E-state index in [0.717, 1.165) is 22.2 Å². The highest BCUT2D eigenvalue weighted by atomic mass is 79.9. The second-order valence-electron chi connectivity index (χ2n) is 4.44. The van der Waals surface area contributed by atoms with Crippen molar-refractivity contribution >= 4 is 26.0 Å². The van der Waals surface area contributed by atoms with Crippen LogP contribution in [0.5, 0.6) is 0 Å². The van der Waals surface area contributed by atoms with Crippen molar-refractivity contribution in [2.45, 2.75) is 17.9 Å². The van der Waals surface area contributed by atoms with Crippen molar-refractivity contribution in [2.24, 2.45) is 0 Å². The maximum atomic E-state index is 13.2. The summed E-state index contributed by atoms with van der Waals surface area (Å²) in [6.07, 6.45) is 0. The Hall–Kier alpha value is -1.31. The van der Waals surface area contributed by atoms with E-state index in [1.54, 1.807) is 25.1 Å². The van der Waals surface area contributed by atoms with Gasteiger partial charge in [-0.05, 0) is 36.8 Å². The van der Waals surface area contributed by atoms with Crippen LogP contribution in [-0.4, -0.2) is 8.42 Å². The summed E-state index contributed by atoms with van der Waals surface area (Å²) in [4.78, 5) is -0.319. The molecule has 0 aliphatic heterocycles. The Bertz CT molecular complexity index is 765. The van der Waals surface area contributed by atoms with Gasteiger partial charge in [0.15, 0.2) is 11.6 Å². The molecule has 3 nitrogen and oxygen atoms in total. The van der Waals surface area contributed by atoms with Crippen LogP contribution < -0.4 is 4.72 Å². The first-order valence-corrected chi connectivity index (χ1v) is 8.30. The highest BCUT2D eigenvalue weighted by Gasteiger charge is 2.20. The molecule has 7 heteroatoms. The predicted molar refractivity (Wildman–Crippen MR) is 79.2 cm³/mol. The number of benzene rings is 2. The van der Waals surface area contributed by atoms with Crippen LogP contribution in [0.3, 0.4) is 0 Å². The van der Waals surface area contributed by atoms with E-state index in [9.17, 15) is 17.2 Å². The van der Waals surface area contributed by atoms with E-state index in [1.807, 2.05) is 6.07 Å². The van der Waals surface area contributed by atoms with Crippen molar-refractivity contribution in [3.05, 3.63) is 64.1 Å². The third kappa shape index (κ3) is 3.66. The van der Waals surface area contributed by atoms with E-state index in [1.165, 1.54) is 0 Å². The third-order valence-corrected chi connectivity index (χ3v) is 5.17. The highest BCUT2D eigenvalue weighted by molar-refractivity contribution is 9.10. The van der Waals surface area contributed by atoms with E-state index < -0.39 is 27.7 Å². The Morgan fingerprint density at radius 2 is 1.76 bits per heavy atom. The number of rotatable bonds is 4. The van der Waals surface area contributed by atoms with Crippen LogP contribution in [0, 0.1) is 11.6 Å². The fraction of sp³-hybridized carbons (Fsp3) is 0.143. The number of halogens is 3. The summed E-state index contributed by atoms with van der Waals surface area (Å²) in [6, 6.07) is 9.08. The monoisotopic (exact) mass is 375 g/mol. The fourth-order valence-corrected chi connectivity index (χ4v) is 3.70. The molecule has 0 aliphatic carbocycles. The molecular formula is C14H12BrF2NO2S. The van der Waals surface area contributed by atoms with Crippen molar-refractivity contribution in [1.82, 2.24) is 4.72 Å². The quantitative estimate of drug-likeness (QED) is 0.883. The standard InChI is InChI=1S/C14H12BrF2NO2S/c1-9(11-4-2-3-5-12(11)15)18-21(19,20)10-6-7-13(16)14(17)8-10/h2-9,18H,1H3. The molecular weight excluding hydrogens is 364 g/mol. The summed E-state index contributed by atoms with van der Waals surface area (Å²) in [5.41, 5.74) is 0.739. The molecule has 2 aromatic carbocycles. The minimum atomic E-state index is -3.94. The largest absolute Gasteiger partial charge is 0.241 e. The minimum absolute atomic E-state index is 0.319. The summed E-state index contributed by atoms with van der Waals surface area (Å²) < 4.78 is 53.6. The Balaban J connectivity index is 2.29. The zero-order valence-corrected chi connectivity index (χ0v) is 13.4. The van der Waals surface area contributed by atoms with E-state index >= 15 is 0 Å². The van der Waals surface area contributed by atoms with Gasteiger partial charge in [0.2, 0.25) is 10.0 Å². The molecule has 2 aromatic rings. The second kappa shape index (κ2) is 6.21. The maximum absolute atomic E-state index is 13.2. The van der Waals surface area contributed by atoms with Crippen LogP contribution in [0.15, 0.2) is 51.8 Å². The summed E-state index contributed by atoms with van der Waals surface area (Å²) in [5, 5.41) is 0. The maximum Gasteiger partial charge on any atom is 0.241 e. The lowest BCUT2D eigenvalue weighted by Gasteiger charge is -2.16. The summed E-state index contributed by atoms with van der Waals surface area (Å²) in [7, 11) is -3.94. The molecule has 0 spiro atoms. The molecule has 0 aliphatic rings. The van der Waals surface area contributed by atoms with Crippen molar-refractivity contribution in [3.8, 4) is 0 Å². The van der Waals surface area contributed by atoms with Gasteiger partial charge in [-0.25, -0.2) is 21.9 Å². The minimum Gasteiger partial charge on any atom is -0.207 e. The van der Waals surface area contributed by atoms with Crippen molar-refractivity contribution in [1.29, 1.82) is 0 Å². The molecule has 0 saturated heterocycles. The van der Waals surface area contributed by atoms with Gasteiger partial charge in [-0.3, -0.25) is 0 Å². The molecule has 112 valence electrons. The second-order valence-corrected chi connectivity index (χ2v) is 7.01. The van der Waals surface area contributed by atoms with Crippen molar-refractivity contribution in [3.63, 3.8) is 0 Å². The molecule has 0 heterocycles. The molecule has 2 rings (SSSR count). The molecule has 21 heavy (non-hydrogen) atoms. The summed E-state index contributed by atoms with van der Waals surface area (Å²) >= 11 is 3.34. The Kier molecular flexibility index (Phi) is 4.75. The molecule has 0 radical (unpaired) electrons. The molecule has 1 atom stereocenters. The van der Waals surface area contributed by atoms with Crippen molar-refractivity contribution < 1.29 is 17.2 Å². The number of sulfonamides is 1. The number of nitrogens with one attached hydrogen (secondary N) is 1. The van der Waals surface area contributed by atoms with Crippen LogP contribution in [-0.2, 0) is 10.0 Å². The van der Waals surface area contributed by atoms with E-state index in [-0.39, 0.29) is 4.90 Å². The van der Waals surface area contributed by atoms with Crippen LogP contribution in [0.2, 0.25) is 0 Å². The zero-order valence-electron chi connectivity index (χ0n) is 11.0. The van der Waals surface area contributed by atoms with Crippen LogP contribution in [0.25, 0.3) is 0 Å². The van der Waals surface area contributed by atoms with Gasteiger partial charge in [-0.15, -0.1) is 0 Å². The van der Waals surface area contributed by atoms with Crippen molar-refractivity contribution in [2.75, 3.05) is 0 Å². The number of hydrogen-bond donors (Lipinski definition) is 1. The lowest BCUT2D eigenvalue weighted by atomic mass is 10.1. The van der Waals surface area contributed by atoms with Gasteiger partial charge in [0.05, 0.1) is 4.90 Å². The van der Waals surface area contributed by atoms with Gasteiger partial charge in [0.1, 0.15) is 0 Å². The molecule has 0 fully saturated rings. The highest BCUT2D eigenvalue weighted by Crippen LogP contribution is 2.24. The Morgan fingerprint density at radius 1 is 1.10 bits per heavy atom. The van der Waals surface area contributed by atoms with Gasteiger partial charge in [0, 0.05) is 10.5 Å². The Morgan fingerprint density at radius 3 is 2.38 bits per heavy atom. The van der Waals surface area contributed by atoms with Crippen LogP contribution in [0.1, 0.15) is 18.5 Å². The van der Waals surface area contributed by atoms with E-state index in [0.29, 0.717) is 6.07 Å². The molecule has 0 amide bonds. The van der Waals surface area contributed by atoms with Crippen LogP contribution >= 0.6 is 15.9 Å².